The predicted molar refractivity (Wildman–Crippen MR) is 172 cm³/mol. The maximum Gasteiger partial charge on any atom is 0.310 e. The minimum absolute atomic E-state index is 0.0289. The summed E-state index contributed by atoms with van der Waals surface area (Å²) in [6.45, 7) is 2.12. The Morgan fingerprint density at radius 1 is 0.864 bits per heavy atom. The fourth-order valence-corrected chi connectivity index (χ4v) is 4.74. The van der Waals surface area contributed by atoms with Crippen LogP contribution in [-0.4, -0.2) is 42.8 Å². The van der Waals surface area contributed by atoms with Crippen LogP contribution in [0.25, 0.3) is 0 Å². The maximum atomic E-state index is 12.5. The van der Waals surface area contributed by atoms with Crippen LogP contribution in [-0.2, 0) is 36.8 Å². The monoisotopic (exact) mass is 609 g/mol. The van der Waals surface area contributed by atoms with Gasteiger partial charge >= 0.3 is 11.9 Å². The summed E-state index contributed by atoms with van der Waals surface area (Å²) in [5, 5.41) is 12.3. The molecule has 0 radical (unpaired) electrons. The van der Waals surface area contributed by atoms with Crippen LogP contribution >= 0.6 is 0 Å². The highest BCUT2D eigenvalue weighted by Gasteiger charge is 2.14. The van der Waals surface area contributed by atoms with Crippen LogP contribution in [0.15, 0.2) is 60.7 Å². The number of phenols is 1. The highest BCUT2D eigenvalue weighted by Crippen LogP contribution is 2.26. The molecule has 0 fully saturated rings. The summed E-state index contributed by atoms with van der Waals surface area (Å²) in [6.07, 6.45) is 17.0. The van der Waals surface area contributed by atoms with Gasteiger partial charge in [-0.05, 0) is 55.4 Å². The molecule has 2 aromatic carbocycles. The minimum atomic E-state index is -0.383. The van der Waals surface area contributed by atoms with Crippen molar-refractivity contribution in [2.24, 2.45) is 0 Å². The Morgan fingerprint density at radius 2 is 1.61 bits per heavy atom. The highest BCUT2D eigenvalue weighted by molar-refractivity contribution is 5.80. The molecule has 1 atom stereocenters. The zero-order valence-corrected chi connectivity index (χ0v) is 26.6. The number of rotatable bonds is 23. The van der Waals surface area contributed by atoms with E-state index in [1.807, 2.05) is 30.3 Å². The number of carbonyl (C=O) groups is 3. The SMILES string of the molecule is CCCCCCC(C/C=C\CCCCCCCC(=O)OCC(=O)NCc1ccc(O)c(OC)c1)OC(=O)Cc1ccccc1. The molecule has 242 valence electrons. The number of ether oxygens (including phenoxy) is 3. The molecule has 0 saturated heterocycles. The van der Waals surface area contributed by atoms with Crippen LogP contribution in [0.5, 0.6) is 11.5 Å². The van der Waals surface area contributed by atoms with E-state index >= 15 is 0 Å². The van der Waals surface area contributed by atoms with Gasteiger partial charge in [-0.2, -0.15) is 0 Å². The second kappa shape index (κ2) is 22.7. The number of benzene rings is 2. The minimum Gasteiger partial charge on any atom is -0.504 e. The van der Waals surface area contributed by atoms with Crippen LogP contribution in [0.2, 0.25) is 0 Å². The number of phenolic OH excluding ortho intramolecular Hbond substituents is 1. The van der Waals surface area contributed by atoms with Crippen LogP contribution < -0.4 is 10.1 Å². The Kier molecular flexibility index (Phi) is 18.8. The lowest BCUT2D eigenvalue weighted by molar-refractivity contribution is -0.149. The van der Waals surface area contributed by atoms with Crippen LogP contribution in [0, 0.1) is 0 Å². The van der Waals surface area contributed by atoms with Gasteiger partial charge in [0.25, 0.3) is 5.91 Å². The molecule has 0 aliphatic carbocycles. The van der Waals surface area contributed by atoms with Crippen LogP contribution in [0.3, 0.4) is 0 Å². The van der Waals surface area contributed by atoms with Crippen molar-refractivity contribution in [2.75, 3.05) is 13.7 Å². The lowest BCUT2D eigenvalue weighted by Crippen LogP contribution is -2.28. The molecule has 44 heavy (non-hydrogen) atoms. The zero-order valence-electron chi connectivity index (χ0n) is 26.6. The molecule has 1 unspecified atom stereocenters. The van der Waals surface area contributed by atoms with Crippen molar-refractivity contribution >= 4 is 17.8 Å². The average molecular weight is 610 g/mol. The van der Waals surface area contributed by atoms with E-state index in [1.54, 1.807) is 12.1 Å². The Bertz CT molecular complexity index is 1130. The third-order valence-corrected chi connectivity index (χ3v) is 7.28. The lowest BCUT2D eigenvalue weighted by Gasteiger charge is -2.16. The van der Waals surface area contributed by atoms with Gasteiger partial charge in [-0.15, -0.1) is 0 Å². The number of nitrogens with one attached hydrogen (secondary N) is 1. The van der Waals surface area contributed by atoms with Gasteiger partial charge in [0.1, 0.15) is 6.10 Å². The molecule has 8 nitrogen and oxygen atoms in total. The predicted octanol–water partition coefficient (Wildman–Crippen LogP) is 7.36. The number of carbonyl (C=O) groups excluding carboxylic acids is 3. The van der Waals surface area contributed by atoms with Gasteiger partial charge < -0.3 is 24.6 Å². The molecule has 2 rings (SSSR count). The average Bonchev–Trinajstić information content (AvgIpc) is 3.02. The van der Waals surface area contributed by atoms with E-state index in [1.165, 1.54) is 32.4 Å². The van der Waals surface area contributed by atoms with Crippen molar-refractivity contribution in [1.82, 2.24) is 5.32 Å². The molecule has 2 N–H and O–H groups in total. The first-order valence-electron chi connectivity index (χ1n) is 16.1. The number of allylic oxidation sites excluding steroid dienone is 1. The Hall–Kier alpha value is -3.81. The number of methoxy groups -OCH3 is 1. The number of unbranched alkanes of at least 4 members (excludes halogenated alkanes) is 8. The summed E-state index contributed by atoms with van der Waals surface area (Å²) in [5.74, 6) is -0.559. The molecular formula is C36H51NO7. The molecule has 1 amide bonds. The van der Waals surface area contributed by atoms with Crippen molar-refractivity contribution < 1.29 is 33.7 Å². The third kappa shape index (κ3) is 16.7. The normalized spacial score (nSPS) is 11.7. The van der Waals surface area contributed by atoms with Gasteiger partial charge in [0, 0.05) is 19.4 Å². The molecule has 0 saturated carbocycles. The van der Waals surface area contributed by atoms with Crippen molar-refractivity contribution in [1.29, 1.82) is 0 Å². The molecule has 2 aromatic rings. The number of hydrogen-bond donors (Lipinski definition) is 2. The second-order valence-electron chi connectivity index (χ2n) is 11.1. The molecule has 0 heterocycles. The fraction of sp³-hybridized carbons (Fsp3) is 0.528. The number of esters is 2. The van der Waals surface area contributed by atoms with Gasteiger partial charge in [-0.25, -0.2) is 0 Å². The topological polar surface area (TPSA) is 111 Å². The third-order valence-electron chi connectivity index (χ3n) is 7.28. The summed E-state index contributed by atoms with van der Waals surface area (Å²) in [5.41, 5.74) is 1.74. The second-order valence-corrected chi connectivity index (χ2v) is 11.1. The van der Waals surface area contributed by atoms with E-state index in [4.69, 9.17) is 14.2 Å². The van der Waals surface area contributed by atoms with Gasteiger partial charge in [0.15, 0.2) is 18.1 Å². The van der Waals surface area contributed by atoms with Gasteiger partial charge in [-0.3, -0.25) is 14.4 Å². The first-order valence-corrected chi connectivity index (χ1v) is 16.1. The van der Waals surface area contributed by atoms with Gasteiger partial charge in [0.05, 0.1) is 13.5 Å². The largest absolute Gasteiger partial charge is 0.504 e. The van der Waals surface area contributed by atoms with Crippen molar-refractivity contribution in [2.45, 2.75) is 109 Å². The first kappa shape index (κ1) is 36.4. The van der Waals surface area contributed by atoms with E-state index in [-0.39, 0.29) is 42.9 Å². The molecule has 0 aromatic heterocycles. The van der Waals surface area contributed by atoms with E-state index in [0.717, 1.165) is 68.9 Å². The van der Waals surface area contributed by atoms with Crippen LogP contribution in [0.4, 0.5) is 0 Å². The maximum absolute atomic E-state index is 12.5. The van der Waals surface area contributed by atoms with Gasteiger partial charge in [0.2, 0.25) is 0 Å². The smallest absolute Gasteiger partial charge is 0.310 e. The Labute approximate surface area is 263 Å². The summed E-state index contributed by atoms with van der Waals surface area (Å²) in [7, 11) is 1.46. The molecule has 0 bridgehead atoms. The number of aromatic hydroxyl groups is 1. The summed E-state index contributed by atoms with van der Waals surface area (Å²) < 4.78 is 16.0. The fourth-order valence-electron chi connectivity index (χ4n) is 4.74. The number of hydrogen-bond acceptors (Lipinski definition) is 7. The molecule has 0 aliphatic heterocycles. The standard InChI is InChI=1S/C36H51NO7/c1-3-4-5-15-20-31(44-36(41)26-29-18-13-12-14-19-29)21-16-10-8-6-7-9-11-17-22-35(40)43-28-34(39)37-27-30-23-24-32(38)33(25-30)42-2/h10,12-14,16,18-19,23-25,31,38H,3-9,11,15,17,20-22,26-28H2,1-2H3,(H,37,39)/b16-10-. The molecule has 0 spiro atoms. The van der Waals surface area contributed by atoms with E-state index in [2.05, 4.69) is 24.4 Å². The highest BCUT2D eigenvalue weighted by atomic mass is 16.5. The summed E-state index contributed by atoms with van der Waals surface area (Å²) in [4.78, 5) is 36.4. The first-order chi connectivity index (χ1) is 21.4. The van der Waals surface area contributed by atoms with Crippen LogP contribution in [0.1, 0.15) is 102 Å². The Morgan fingerprint density at radius 3 is 2.39 bits per heavy atom. The van der Waals surface area contributed by atoms with Crippen molar-refractivity contribution in [3.05, 3.63) is 71.8 Å². The van der Waals surface area contributed by atoms with E-state index in [9.17, 15) is 19.5 Å². The quantitative estimate of drug-likeness (QED) is 0.0769. The zero-order chi connectivity index (χ0) is 31.8. The van der Waals surface area contributed by atoms with E-state index < -0.39 is 0 Å². The summed E-state index contributed by atoms with van der Waals surface area (Å²) >= 11 is 0. The van der Waals surface area contributed by atoms with Gasteiger partial charge in [-0.1, -0.05) is 94.0 Å². The molecule has 0 aliphatic rings. The van der Waals surface area contributed by atoms with E-state index in [0.29, 0.717) is 18.6 Å². The lowest BCUT2D eigenvalue weighted by atomic mass is 10.1. The van der Waals surface area contributed by atoms with Crippen molar-refractivity contribution in [3.8, 4) is 11.5 Å². The molecular weight excluding hydrogens is 558 g/mol. The number of amides is 1. The Balaban J connectivity index is 1.52. The molecule has 8 heteroatoms. The van der Waals surface area contributed by atoms with Crippen molar-refractivity contribution in [3.63, 3.8) is 0 Å². The summed E-state index contributed by atoms with van der Waals surface area (Å²) in [6, 6.07) is 14.5.